The number of Topliss-reactive ketones (excluding diaryl/α,β-unsaturated/α-hetero) is 1. The minimum absolute atomic E-state index is 0.391. The minimum atomic E-state index is 0.391. The lowest BCUT2D eigenvalue weighted by molar-refractivity contribution is -0.123. The summed E-state index contributed by atoms with van der Waals surface area (Å²) < 4.78 is 10.8. The van der Waals surface area contributed by atoms with Crippen LogP contribution < -0.4 is 4.74 Å². The van der Waals surface area contributed by atoms with Gasteiger partial charge in [0.2, 0.25) is 5.89 Å². The van der Waals surface area contributed by atoms with E-state index in [-0.39, 0.29) is 0 Å². The predicted octanol–water partition coefficient (Wildman–Crippen LogP) is 3.05. The molecule has 0 aliphatic carbocycles. The number of methoxy groups -OCH3 is 1. The lowest BCUT2D eigenvalue weighted by atomic mass is 10.0. The zero-order chi connectivity index (χ0) is 15.8. The number of rotatable bonds is 4. The number of aromatic nitrogens is 1. The van der Waals surface area contributed by atoms with E-state index in [9.17, 15) is 4.79 Å². The Hall–Kier alpha value is -2.14. The molecule has 120 valence electrons. The van der Waals surface area contributed by atoms with Crippen molar-refractivity contribution < 1.29 is 13.9 Å². The van der Waals surface area contributed by atoms with Crippen LogP contribution in [0.25, 0.3) is 11.5 Å². The molecule has 2 saturated heterocycles. The summed E-state index contributed by atoms with van der Waals surface area (Å²) in [7, 11) is 1.65. The molecule has 5 heteroatoms. The Kier molecular flexibility index (Phi) is 3.65. The van der Waals surface area contributed by atoms with Crippen LogP contribution in [0, 0.1) is 0 Å². The van der Waals surface area contributed by atoms with Crippen LogP contribution in [0.15, 0.2) is 34.9 Å². The maximum absolute atomic E-state index is 11.7. The lowest BCUT2D eigenvalue weighted by Crippen LogP contribution is -2.42. The fraction of sp³-hybridized carbons (Fsp3) is 0.444. The van der Waals surface area contributed by atoms with Gasteiger partial charge in [0.15, 0.2) is 0 Å². The smallest absolute Gasteiger partial charge is 0.226 e. The summed E-state index contributed by atoms with van der Waals surface area (Å²) in [6.07, 6.45) is 5.37. The average Bonchev–Trinajstić information content (AvgIpc) is 3.12. The largest absolute Gasteiger partial charge is 0.497 e. The summed E-state index contributed by atoms with van der Waals surface area (Å²) in [4.78, 5) is 18.7. The van der Waals surface area contributed by atoms with E-state index in [1.807, 2.05) is 24.3 Å². The number of hydrogen-bond acceptors (Lipinski definition) is 5. The molecule has 2 aromatic rings. The second-order valence-corrected chi connectivity index (χ2v) is 6.38. The van der Waals surface area contributed by atoms with E-state index < -0.39 is 0 Å². The van der Waals surface area contributed by atoms with E-state index in [1.165, 1.54) is 0 Å². The van der Waals surface area contributed by atoms with Crippen LogP contribution in [-0.2, 0) is 11.3 Å². The molecule has 0 amide bonds. The molecule has 3 heterocycles. The van der Waals surface area contributed by atoms with Gasteiger partial charge in [-0.25, -0.2) is 4.98 Å². The summed E-state index contributed by atoms with van der Waals surface area (Å²) in [5.41, 5.74) is 1.87. The van der Waals surface area contributed by atoms with Gasteiger partial charge in [-0.1, -0.05) is 0 Å². The van der Waals surface area contributed by atoms with Crippen molar-refractivity contribution in [3.63, 3.8) is 0 Å². The van der Waals surface area contributed by atoms with Crippen molar-refractivity contribution in [3.8, 4) is 17.2 Å². The van der Waals surface area contributed by atoms with E-state index in [4.69, 9.17) is 9.15 Å². The van der Waals surface area contributed by atoms with Crippen molar-refractivity contribution in [2.45, 2.75) is 44.3 Å². The quantitative estimate of drug-likeness (QED) is 0.868. The molecule has 2 atom stereocenters. The van der Waals surface area contributed by atoms with Gasteiger partial charge in [-0.3, -0.25) is 9.69 Å². The Labute approximate surface area is 135 Å². The molecule has 0 saturated carbocycles. The van der Waals surface area contributed by atoms with Crippen LogP contribution >= 0.6 is 0 Å². The predicted molar refractivity (Wildman–Crippen MR) is 85.1 cm³/mol. The normalized spacial score (nSPS) is 24.1. The van der Waals surface area contributed by atoms with Gasteiger partial charge in [-0.15, -0.1) is 0 Å². The third kappa shape index (κ3) is 2.77. The molecule has 0 spiro atoms. The fourth-order valence-corrected chi connectivity index (χ4v) is 3.75. The first-order valence-electron chi connectivity index (χ1n) is 8.09. The second-order valence-electron chi connectivity index (χ2n) is 6.38. The first-order chi connectivity index (χ1) is 11.2. The number of oxazole rings is 1. The molecular formula is C18H20N2O3. The fourth-order valence-electron chi connectivity index (χ4n) is 3.75. The van der Waals surface area contributed by atoms with Gasteiger partial charge >= 0.3 is 0 Å². The maximum atomic E-state index is 11.7. The van der Waals surface area contributed by atoms with Crippen molar-refractivity contribution in [1.82, 2.24) is 9.88 Å². The molecule has 5 nitrogen and oxygen atoms in total. The first kappa shape index (κ1) is 14.5. The highest BCUT2D eigenvalue weighted by molar-refractivity contribution is 5.80. The Morgan fingerprint density at radius 2 is 1.91 bits per heavy atom. The van der Waals surface area contributed by atoms with Crippen molar-refractivity contribution in [1.29, 1.82) is 0 Å². The maximum Gasteiger partial charge on any atom is 0.226 e. The monoisotopic (exact) mass is 312 g/mol. The van der Waals surface area contributed by atoms with E-state index in [0.717, 1.165) is 36.4 Å². The third-order valence-corrected chi connectivity index (χ3v) is 4.93. The number of ketones is 1. The molecule has 2 bridgehead atoms. The molecule has 2 aliphatic rings. The Bertz CT molecular complexity index is 691. The van der Waals surface area contributed by atoms with Gasteiger partial charge in [0.25, 0.3) is 0 Å². The molecular weight excluding hydrogens is 292 g/mol. The van der Waals surface area contributed by atoms with Crippen LogP contribution in [0.3, 0.4) is 0 Å². The van der Waals surface area contributed by atoms with Gasteiger partial charge in [-0.05, 0) is 37.1 Å². The van der Waals surface area contributed by atoms with Gasteiger partial charge in [0.1, 0.15) is 17.8 Å². The number of ether oxygens (including phenoxy) is 1. The summed E-state index contributed by atoms with van der Waals surface area (Å²) in [6, 6.07) is 8.46. The van der Waals surface area contributed by atoms with Crippen molar-refractivity contribution in [2.24, 2.45) is 0 Å². The van der Waals surface area contributed by atoms with Gasteiger partial charge in [-0.2, -0.15) is 0 Å². The lowest BCUT2D eigenvalue weighted by Gasteiger charge is -2.33. The molecule has 2 fully saturated rings. The minimum Gasteiger partial charge on any atom is -0.497 e. The summed E-state index contributed by atoms with van der Waals surface area (Å²) >= 11 is 0. The number of nitrogens with zero attached hydrogens (tertiary/aromatic N) is 2. The number of carbonyl (C=O) groups excluding carboxylic acids is 1. The van der Waals surface area contributed by atoms with Crippen LogP contribution in [-0.4, -0.2) is 34.9 Å². The van der Waals surface area contributed by atoms with Gasteiger partial charge < -0.3 is 9.15 Å². The van der Waals surface area contributed by atoms with Crippen LogP contribution in [0.1, 0.15) is 31.4 Å². The number of benzene rings is 1. The summed E-state index contributed by atoms with van der Waals surface area (Å²) in [6.45, 7) is 0.766. The second kappa shape index (κ2) is 5.81. The van der Waals surface area contributed by atoms with Crippen molar-refractivity contribution >= 4 is 5.78 Å². The van der Waals surface area contributed by atoms with Crippen LogP contribution in [0.4, 0.5) is 0 Å². The molecule has 2 aliphatic heterocycles. The Morgan fingerprint density at radius 1 is 1.22 bits per heavy atom. The highest BCUT2D eigenvalue weighted by Crippen LogP contribution is 2.35. The summed E-state index contributed by atoms with van der Waals surface area (Å²) in [5.74, 6) is 1.85. The van der Waals surface area contributed by atoms with Crippen LogP contribution in [0.5, 0.6) is 5.75 Å². The number of fused-ring (bicyclic) bond motifs is 2. The molecule has 23 heavy (non-hydrogen) atoms. The summed E-state index contributed by atoms with van der Waals surface area (Å²) in [5, 5.41) is 0. The highest BCUT2D eigenvalue weighted by Gasteiger charge is 2.40. The number of carbonyl (C=O) groups is 1. The third-order valence-electron chi connectivity index (χ3n) is 4.93. The SMILES string of the molecule is COc1ccc(-c2nc(CN3[C@H]4CC[C@H]3CC(=O)C4)co2)cc1. The van der Waals surface area contributed by atoms with E-state index in [2.05, 4.69) is 9.88 Å². The zero-order valence-corrected chi connectivity index (χ0v) is 13.2. The Morgan fingerprint density at radius 3 is 2.57 bits per heavy atom. The van der Waals surface area contributed by atoms with Crippen LogP contribution in [0.2, 0.25) is 0 Å². The molecule has 1 aromatic heterocycles. The van der Waals surface area contributed by atoms with E-state index in [0.29, 0.717) is 36.6 Å². The van der Waals surface area contributed by atoms with E-state index >= 15 is 0 Å². The standard InChI is InChI=1S/C18H20N2O3/c1-22-17-6-2-12(3-7-17)18-19-13(11-23-18)10-20-14-4-5-15(20)9-16(21)8-14/h2-3,6-7,11,14-15H,4-5,8-10H2,1H3/t14-,15-/m0/s1. The zero-order valence-electron chi connectivity index (χ0n) is 13.2. The molecule has 0 radical (unpaired) electrons. The number of hydrogen-bond donors (Lipinski definition) is 0. The Balaban J connectivity index is 1.49. The van der Waals surface area contributed by atoms with Crippen molar-refractivity contribution in [2.75, 3.05) is 7.11 Å². The van der Waals surface area contributed by atoms with Gasteiger partial charge in [0, 0.05) is 37.0 Å². The highest BCUT2D eigenvalue weighted by atomic mass is 16.5. The molecule has 4 rings (SSSR count). The molecule has 0 unspecified atom stereocenters. The number of piperidine rings is 1. The van der Waals surface area contributed by atoms with Crippen molar-refractivity contribution in [3.05, 3.63) is 36.2 Å². The first-order valence-corrected chi connectivity index (χ1v) is 8.09. The van der Waals surface area contributed by atoms with Gasteiger partial charge in [0.05, 0.1) is 12.8 Å². The topological polar surface area (TPSA) is 55.6 Å². The van der Waals surface area contributed by atoms with E-state index in [1.54, 1.807) is 13.4 Å². The molecule has 0 N–H and O–H groups in total. The molecule has 1 aromatic carbocycles. The average molecular weight is 312 g/mol.